The van der Waals surface area contributed by atoms with Crippen LogP contribution in [0, 0.1) is 5.82 Å². The number of benzene rings is 2. The first-order valence-corrected chi connectivity index (χ1v) is 7.53. The van der Waals surface area contributed by atoms with Gasteiger partial charge in [-0.3, -0.25) is 0 Å². The van der Waals surface area contributed by atoms with Crippen LogP contribution in [0.15, 0.2) is 54.6 Å². The predicted molar refractivity (Wildman–Crippen MR) is 72.0 cm³/mol. The summed E-state index contributed by atoms with van der Waals surface area (Å²) in [5.41, 5.74) is 0.585. The van der Waals surface area contributed by atoms with Gasteiger partial charge in [-0.2, -0.15) is 0 Å². The number of carbonyl (C=O) groups excluding carboxylic acids is 1. The third-order valence-electron chi connectivity index (χ3n) is 2.55. The van der Waals surface area contributed by atoms with E-state index in [0.717, 1.165) is 0 Å². The zero-order valence-corrected chi connectivity index (χ0v) is 11.7. The second-order valence-corrected chi connectivity index (χ2v) is 6.91. The molecular formula is C15H13FOSe. The third kappa shape index (κ3) is 3.28. The molecule has 2 aromatic rings. The van der Waals surface area contributed by atoms with Gasteiger partial charge in [-0.15, -0.1) is 0 Å². The molecule has 1 unspecified atom stereocenters. The summed E-state index contributed by atoms with van der Waals surface area (Å²) in [5, 5.41) is 0. The fourth-order valence-electron chi connectivity index (χ4n) is 1.61. The molecule has 2 rings (SSSR count). The first-order chi connectivity index (χ1) is 8.66. The van der Waals surface area contributed by atoms with E-state index in [1.165, 1.54) is 16.6 Å². The van der Waals surface area contributed by atoms with Crippen LogP contribution in [0.5, 0.6) is 0 Å². The molecule has 0 N–H and O–H groups in total. The fraction of sp³-hybridized carbons (Fsp3) is 0.133. The summed E-state index contributed by atoms with van der Waals surface area (Å²) in [7, 11) is 0. The van der Waals surface area contributed by atoms with E-state index in [0.29, 0.717) is 5.56 Å². The van der Waals surface area contributed by atoms with Crippen molar-refractivity contribution in [3.05, 3.63) is 66.0 Å². The Bertz CT molecular complexity index is 522. The van der Waals surface area contributed by atoms with Crippen molar-refractivity contribution >= 4 is 25.2 Å². The van der Waals surface area contributed by atoms with Crippen LogP contribution in [0.3, 0.4) is 0 Å². The molecule has 0 bridgehead atoms. The van der Waals surface area contributed by atoms with Gasteiger partial charge in [-0.25, -0.2) is 0 Å². The summed E-state index contributed by atoms with van der Waals surface area (Å²) >= 11 is 0.104. The Labute approximate surface area is 112 Å². The molecule has 0 saturated carbocycles. The summed E-state index contributed by atoms with van der Waals surface area (Å²) in [6.07, 6.45) is 0. The Balaban J connectivity index is 2.07. The summed E-state index contributed by atoms with van der Waals surface area (Å²) in [4.78, 5) is 12.1. The molecule has 2 aromatic carbocycles. The summed E-state index contributed by atoms with van der Waals surface area (Å²) in [6, 6.07) is 15.8. The SMILES string of the molecule is CC([Se]c1ccccc1)C(=O)c1ccc(F)cc1. The summed E-state index contributed by atoms with van der Waals surface area (Å²) in [6.45, 7) is 1.93. The molecule has 0 saturated heterocycles. The van der Waals surface area contributed by atoms with Gasteiger partial charge in [0.1, 0.15) is 0 Å². The van der Waals surface area contributed by atoms with Gasteiger partial charge in [-0.1, -0.05) is 0 Å². The molecule has 18 heavy (non-hydrogen) atoms. The minimum absolute atomic E-state index is 0.0367. The molecular weight excluding hydrogens is 294 g/mol. The van der Waals surface area contributed by atoms with Gasteiger partial charge in [0.15, 0.2) is 0 Å². The fourth-order valence-corrected chi connectivity index (χ4v) is 3.63. The van der Waals surface area contributed by atoms with Crippen molar-refractivity contribution in [3.63, 3.8) is 0 Å². The third-order valence-corrected chi connectivity index (χ3v) is 4.89. The van der Waals surface area contributed by atoms with Crippen molar-refractivity contribution in [1.82, 2.24) is 0 Å². The van der Waals surface area contributed by atoms with Crippen molar-refractivity contribution in [3.8, 4) is 0 Å². The normalized spacial score (nSPS) is 12.1. The van der Waals surface area contributed by atoms with E-state index < -0.39 is 0 Å². The van der Waals surface area contributed by atoms with E-state index in [2.05, 4.69) is 0 Å². The predicted octanol–water partition coefficient (Wildman–Crippen LogP) is 2.85. The maximum absolute atomic E-state index is 12.8. The first kappa shape index (κ1) is 13.0. The monoisotopic (exact) mass is 308 g/mol. The van der Waals surface area contributed by atoms with Gasteiger partial charge in [0, 0.05) is 0 Å². The van der Waals surface area contributed by atoms with Crippen molar-refractivity contribution in [2.24, 2.45) is 0 Å². The van der Waals surface area contributed by atoms with E-state index in [1.54, 1.807) is 12.1 Å². The molecule has 0 spiro atoms. The van der Waals surface area contributed by atoms with Gasteiger partial charge in [0.25, 0.3) is 0 Å². The van der Waals surface area contributed by atoms with Crippen LogP contribution in [0.1, 0.15) is 17.3 Å². The Morgan fingerprint density at radius 1 is 1.06 bits per heavy atom. The molecule has 0 heterocycles. The van der Waals surface area contributed by atoms with Crippen LogP contribution in [-0.4, -0.2) is 20.7 Å². The van der Waals surface area contributed by atoms with E-state index in [-0.39, 0.29) is 31.4 Å². The van der Waals surface area contributed by atoms with Gasteiger partial charge >= 0.3 is 112 Å². The molecule has 1 atom stereocenters. The average Bonchev–Trinajstić information content (AvgIpc) is 2.40. The topological polar surface area (TPSA) is 17.1 Å². The van der Waals surface area contributed by atoms with E-state index in [9.17, 15) is 9.18 Å². The number of carbonyl (C=O) groups is 1. The van der Waals surface area contributed by atoms with E-state index >= 15 is 0 Å². The van der Waals surface area contributed by atoms with Crippen molar-refractivity contribution in [1.29, 1.82) is 0 Å². The van der Waals surface area contributed by atoms with Gasteiger partial charge in [0.2, 0.25) is 0 Å². The number of rotatable bonds is 4. The molecule has 3 heteroatoms. The summed E-state index contributed by atoms with van der Waals surface area (Å²) in [5.74, 6) is -0.230. The maximum atomic E-state index is 12.8. The van der Waals surface area contributed by atoms with Crippen LogP contribution in [0.25, 0.3) is 0 Å². The number of ketones is 1. The van der Waals surface area contributed by atoms with Crippen LogP contribution < -0.4 is 4.46 Å². The second kappa shape index (κ2) is 5.94. The first-order valence-electron chi connectivity index (χ1n) is 5.68. The van der Waals surface area contributed by atoms with Crippen LogP contribution in [0.4, 0.5) is 4.39 Å². The zero-order chi connectivity index (χ0) is 13.0. The number of hydrogen-bond acceptors (Lipinski definition) is 1. The Morgan fingerprint density at radius 3 is 2.28 bits per heavy atom. The molecule has 0 amide bonds. The van der Waals surface area contributed by atoms with E-state index in [1.807, 2.05) is 37.3 Å². The quantitative estimate of drug-likeness (QED) is 0.627. The Hall–Kier alpha value is -1.44. The second-order valence-electron chi connectivity index (χ2n) is 3.94. The summed E-state index contributed by atoms with van der Waals surface area (Å²) < 4.78 is 14.0. The van der Waals surface area contributed by atoms with Crippen LogP contribution in [0.2, 0.25) is 4.82 Å². The molecule has 0 aromatic heterocycles. The molecule has 0 fully saturated rings. The van der Waals surface area contributed by atoms with Crippen LogP contribution >= 0.6 is 0 Å². The minimum atomic E-state index is -0.312. The van der Waals surface area contributed by atoms with Crippen molar-refractivity contribution in [2.75, 3.05) is 0 Å². The van der Waals surface area contributed by atoms with Crippen LogP contribution in [-0.2, 0) is 0 Å². The number of hydrogen-bond donors (Lipinski definition) is 0. The molecule has 0 aliphatic heterocycles. The average molecular weight is 307 g/mol. The molecule has 0 aliphatic carbocycles. The number of halogens is 1. The molecule has 0 radical (unpaired) electrons. The van der Waals surface area contributed by atoms with E-state index in [4.69, 9.17) is 0 Å². The molecule has 1 nitrogen and oxygen atoms in total. The van der Waals surface area contributed by atoms with Crippen molar-refractivity contribution < 1.29 is 9.18 Å². The zero-order valence-electron chi connectivity index (χ0n) is 9.97. The van der Waals surface area contributed by atoms with Crippen molar-refractivity contribution in [2.45, 2.75) is 11.7 Å². The Morgan fingerprint density at radius 2 is 1.67 bits per heavy atom. The Kier molecular flexibility index (Phi) is 4.29. The standard InChI is InChI=1S/C15H13FOSe/c1-11(18-14-5-3-2-4-6-14)15(17)12-7-9-13(16)10-8-12/h2-11H,1H3. The van der Waals surface area contributed by atoms with Gasteiger partial charge in [-0.05, 0) is 0 Å². The number of Topliss-reactive ketones (excluding diaryl/α,β-unsaturated/α-hetero) is 1. The van der Waals surface area contributed by atoms with Gasteiger partial charge in [0.05, 0.1) is 0 Å². The van der Waals surface area contributed by atoms with Gasteiger partial charge < -0.3 is 0 Å². The molecule has 92 valence electrons. The molecule has 0 aliphatic rings.